The third-order valence-corrected chi connectivity index (χ3v) is 4.20. The van der Waals surface area contributed by atoms with Gasteiger partial charge in [-0.1, -0.05) is 17.3 Å². The summed E-state index contributed by atoms with van der Waals surface area (Å²) in [4.78, 5) is 25.7. The number of anilines is 1. The van der Waals surface area contributed by atoms with Crippen LogP contribution in [0.2, 0.25) is 0 Å². The van der Waals surface area contributed by atoms with E-state index in [0.29, 0.717) is 5.76 Å². The van der Waals surface area contributed by atoms with Gasteiger partial charge in [0, 0.05) is 12.6 Å². The number of likely N-dealkylation sites (tertiary alicyclic amines) is 1. The van der Waals surface area contributed by atoms with Crippen molar-refractivity contribution in [2.75, 3.05) is 11.9 Å². The smallest absolute Gasteiger partial charge is 0.391 e. The molecule has 0 bridgehead atoms. The lowest BCUT2D eigenvalue weighted by atomic mass is 10.0. The van der Waals surface area contributed by atoms with E-state index in [9.17, 15) is 27.9 Å². The average molecular weight is 383 g/mol. The summed E-state index contributed by atoms with van der Waals surface area (Å²) in [6.45, 7) is 1.44. The van der Waals surface area contributed by atoms with Crippen LogP contribution in [0, 0.1) is 6.92 Å². The van der Waals surface area contributed by atoms with E-state index in [2.05, 4.69) is 10.5 Å². The van der Waals surface area contributed by atoms with Crippen molar-refractivity contribution in [2.45, 2.75) is 31.7 Å². The van der Waals surface area contributed by atoms with Crippen molar-refractivity contribution in [1.82, 2.24) is 10.1 Å². The molecule has 0 spiro atoms. The number of aromatic nitrogens is 1. The van der Waals surface area contributed by atoms with Crippen LogP contribution in [0.25, 0.3) is 0 Å². The van der Waals surface area contributed by atoms with Gasteiger partial charge in [0.05, 0.1) is 17.7 Å². The number of rotatable bonds is 2. The number of carbonyl (C=O) groups excluding carboxylic acids is 2. The third-order valence-electron chi connectivity index (χ3n) is 4.20. The van der Waals surface area contributed by atoms with Gasteiger partial charge in [-0.15, -0.1) is 0 Å². The highest BCUT2D eigenvalue weighted by molar-refractivity contribution is 6.39. The highest BCUT2D eigenvalue weighted by atomic mass is 19.4. The Bertz CT molecular complexity index is 865. The van der Waals surface area contributed by atoms with Crippen molar-refractivity contribution in [3.63, 3.8) is 0 Å². The average Bonchev–Trinajstić information content (AvgIpc) is 3.19. The number of aliphatic hydroxyl groups is 1. The summed E-state index contributed by atoms with van der Waals surface area (Å²) >= 11 is 0. The van der Waals surface area contributed by atoms with Gasteiger partial charge in [-0.25, -0.2) is 0 Å². The maximum absolute atomic E-state index is 12.9. The predicted molar refractivity (Wildman–Crippen MR) is 86.4 cm³/mol. The lowest BCUT2D eigenvalue weighted by Gasteiger charge is -2.24. The van der Waals surface area contributed by atoms with Crippen LogP contribution in [-0.2, 0) is 15.8 Å². The molecule has 1 aliphatic rings. The summed E-state index contributed by atoms with van der Waals surface area (Å²) in [5.41, 5.74) is -0.670. The van der Waals surface area contributed by atoms with E-state index < -0.39 is 35.7 Å². The van der Waals surface area contributed by atoms with Crippen LogP contribution in [0.4, 0.5) is 19.0 Å². The Balaban J connectivity index is 1.81. The van der Waals surface area contributed by atoms with Crippen LogP contribution in [0.1, 0.15) is 29.3 Å². The van der Waals surface area contributed by atoms with Gasteiger partial charge in [0.25, 0.3) is 0 Å². The molecule has 0 radical (unpaired) electrons. The number of nitrogens with zero attached hydrogens (tertiary/aromatic N) is 2. The van der Waals surface area contributed by atoms with E-state index in [1.54, 1.807) is 6.92 Å². The molecule has 7 nitrogen and oxygen atoms in total. The van der Waals surface area contributed by atoms with E-state index in [-0.39, 0.29) is 24.3 Å². The molecule has 0 unspecified atom stereocenters. The third kappa shape index (κ3) is 4.11. The zero-order valence-electron chi connectivity index (χ0n) is 14.2. The molecule has 2 amide bonds. The molecule has 2 aromatic rings. The van der Waals surface area contributed by atoms with Crippen LogP contribution in [0.15, 0.2) is 34.9 Å². The van der Waals surface area contributed by atoms with Crippen LogP contribution in [-0.4, -0.2) is 39.6 Å². The number of nitrogens with one attached hydrogen (secondary N) is 1. The second-order valence-electron chi connectivity index (χ2n) is 6.26. The topological polar surface area (TPSA) is 95.7 Å². The Morgan fingerprint density at radius 3 is 2.70 bits per heavy atom. The monoisotopic (exact) mass is 383 g/mol. The molecular formula is C17H16F3N3O4. The first-order chi connectivity index (χ1) is 12.6. The Kier molecular flexibility index (Phi) is 4.92. The molecule has 2 atom stereocenters. The van der Waals surface area contributed by atoms with E-state index >= 15 is 0 Å². The first kappa shape index (κ1) is 18.9. The molecule has 144 valence electrons. The molecule has 1 aromatic carbocycles. The summed E-state index contributed by atoms with van der Waals surface area (Å²) in [6, 6.07) is 5.05. The van der Waals surface area contributed by atoms with E-state index in [1.807, 2.05) is 0 Å². The fourth-order valence-electron chi connectivity index (χ4n) is 3.00. The van der Waals surface area contributed by atoms with Crippen LogP contribution in [0.5, 0.6) is 0 Å². The number of aliphatic hydroxyl groups excluding tert-OH is 1. The van der Waals surface area contributed by atoms with Crippen molar-refractivity contribution < 1.29 is 32.4 Å². The number of β-amino-alcohol motifs (C(OH)–C–C–N with tert-alkyl or cyclic N) is 1. The van der Waals surface area contributed by atoms with E-state index in [0.717, 1.165) is 17.0 Å². The molecule has 10 heteroatoms. The van der Waals surface area contributed by atoms with Crippen molar-refractivity contribution in [1.29, 1.82) is 0 Å². The lowest BCUT2D eigenvalue weighted by molar-refractivity contribution is -0.144. The summed E-state index contributed by atoms with van der Waals surface area (Å²) in [6.07, 6.45) is -5.45. The van der Waals surface area contributed by atoms with Crippen molar-refractivity contribution in [3.05, 3.63) is 47.2 Å². The standard InChI is InChI=1S/C17H16F3N3O4/c1-9-5-14(22-27-9)21-15(25)16(26)23-8-12(24)7-13(23)10-3-2-4-11(6-10)17(18,19)20/h2-6,12-13,24H,7-8H2,1H3,(H,21,22,25)/t12-,13-/m1/s1. The van der Waals surface area contributed by atoms with Gasteiger partial charge in [-0.05, 0) is 31.0 Å². The van der Waals surface area contributed by atoms with Gasteiger partial charge in [0.2, 0.25) is 0 Å². The molecule has 1 fully saturated rings. The highest BCUT2D eigenvalue weighted by Gasteiger charge is 2.39. The molecule has 2 heterocycles. The lowest BCUT2D eigenvalue weighted by Crippen LogP contribution is -2.40. The second-order valence-corrected chi connectivity index (χ2v) is 6.26. The summed E-state index contributed by atoms with van der Waals surface area (Å²) in [5.74, 6) is -1.53. The fourth-order valence-corrected chi connectivity index (χ4v) is 3.00. The van der Waals surface area contributed by atoms with Crippen molar-refractivity contribution in [3.8, 4) is 0 Å². The number of alkyl halides is 3. The minimum absolute atomic E-state index is 0.0311. The molecule has 0 aliphatic carbocycles. The molecule has 27 heavy (non-hydrogen) atoms. The Labute approximate surface area is 151 Å². The SMILES string of the molecule is Cc1cc(NC(=O)C(=O)N2C[C@H](O)C[C@@H]2c2cccc(C(F)(F)F)c2)no1. The molecule has 2 N–H and O–H groups in total. The van der Waals surface area contributed by atoms with Crippen molar-refractivity contribution in [2.24, 2.45) is 0 Å². The summed E-state index contributed by atoms with van der Waals surface area (Å²) in [5, 5.41) is 15.7. The maximum atomic E-state index is 12.9. The summed E-state index contributed by atoms with van der Waals surface area (Å²) in [7, 11) is 0. The molecular weight excluding hydrogens is 367 g/mol. The number of amides is 2. The number of carbonyl (C=O) groups is 2. The Morgan fingerprint density at radius 1 is 1.33 bits per heavy atom. The first-order valence-corrected chi connectivity index (χ1v) is 8.05. The van der Waals surface area contributed by atoms with Gasteiger partial charge < -0.3 is 14.5 Å². The van der Waals surface area contributed by atoms with Gasteiger partial charge >= 0.3 is 18.0 Å². The number of halogens is 3. The fraction of sp³-hybridized carbons (Fsp3) is 0.353. The number of benzene rings is 1. The highest BCUT2D eigenvalue weighted by Crippen LogP contribution is 2.36. The van der Waals surface area contributed by atoms with Crippen LogP contribution < -0.4 is 5.32 Å². The van der Waals surface area contributed by atoms with Gasteiger partial charge in [-0.2, -0.15) is 13.2 Å². The van der Waals surface area contributed by atoms with Gasteiger partial charge in [-0.3, -0.25) is 14.9 Å². The van der Waals surface area contributed by atoms with Gasteiger partial charge in [0.15, 0.2) is 5.82 Å². The predicted octanol–water partition coefficient (Wildman–Crippen LogP) is 2.27. The summed E-state index contributed by atoms with van der Waals surface area (Å²) < 4.78 is 43.6. The minimum atomic E-state index is -4.54. The first-order valence-electron chi connectivity index (χ1n) is 8.05. The Hall–Kier alpha value is -2.88. The van der Waals surface area contributed by atoms with Crippen LogP contribution in [0.3, 0.4) is 0 Å². The number of hydrogen-bond acceptors (Lipinski definition) is 5. The van der Waals surface area contributed by atoms with Crippen molar-refractivity contribution >= 4 is 17.6 Å². The number of hydrogen-bond donors (Lipinski definition) is 2. The molecule has 3 rings (SSSR count). The molecule has 1 saturated heterocycles. The number of aryl methyl sites for hydroxylation is 1. The van der Waals surface area contributed by atoms with E-state index in [4.69, 9.17) is 4.52 Å². The largest absolute Gasteiger partial charge is 0.416 e. The minimum Gasteiger partial charge on any atom is -0.391 e. The normalized spacial score (nSPS) is 20.0. The zero-order chi connectivity index (χ0) is 19.8. The van der Waals surface area contributed by atoms with Gasteiger partial charge in [0.1, 0.15) is 5.76 Å². The zero-order valence-corrected chi connectivity index (χ0v) is 14.2. The molecule has 1 aromatic heterocycles. The maximum Gasteiger partial charge on any atom is 0.416 e. The molecule has 1 aliphatic heterocycles. The molecule has 0 saturated carbocycles. The quantitative estimate of drug-likeness (QED) is 0.776. The second kappa shape index (κ2) is 7.03. The van der Waals surface area contributed by atoms with Crippen LogP contribution >= 0.6 is 0 Å². The van der Waals surface area contributed by atoms with E-state index in [1.165, 1.54) is 18.2 Å². The Morgan fingerprint density at radius 2 is 2.07 bits per heavy atom.